The molecule has 0 spiro atoms. The van der Waals surface area contributed by atoms with Crippen molar-refractivity contribution in [2.24, 2.45) is 0 Å². The highest BCUT2D eigenvalue weighted by molar-refractivity contribution is 9.10. The first-order valence-corrected chi connectivity index (χ1v) is 8.49. The zero-order valence-electron chi connectivity index (χ0n) is 12.0. The van der Waals surface area contributed by atoms with Gasteiger partial charge in [-0.15, -0.1) is 0 Å². The number of halogens is 1. The van der Waals surface area contributed by atoms with Gasteiger partial charge in [0.2, 0.25) is 0 Å². The molecule has 0 aliphatic heterocycles. The zero-order valence-corrected chi connectivity index (χ0v) is 13.6. The minimum absolute atomic E-state index is 0.593. The maximum Gasteiger partial charge on any atom is 0.0178 e. The van der Waals surface area contributed by atoms with Crippen LogP contribution >= 0.6 is 15.9 Å². The highest BCUT2D eigenvalue weighted by Crippen LogP contribution is 2.47. The van der Waals surface area contributed by atoms with E-state index < -0.39 is 0 Å². The number of hydrogen-bond donors (Lipinski definition) is 0. The van der Waals surface area contributed by atoms with Crippen molar-refractivity contribution in [3.05, 3.63) is 58.1 Å². The van der Waals surface area contributed by atoms with Crippen LogP contribution in [-0.4, -0.2) is 0 Å². The fourth-order valence-corrected chi connectivity index (χ4v) is 3.75. The minimum atomic E-state index is 0.593. The molecule has 1 atom stereocenters. The third-order valence-electron chi connectivity index (χ3n) is 4.36. The molecule has 0 aromatic heterocycles. The van der Waals surface area contributed by atoms with Crippen LogP contribution in [0.3, 0.4) is 0 Å². The third-order valence-corrected chi connectivity index (χ3v) is 4.86. The van der Waals surface area contributed by atoms with Crippen molar-refractivity contribution in [3.63, 3.8) is 0 Å². The molecule has 1 heteroatoms. The van der Waals surface area contributed by atoms with Crippen molar-refractivity contribution in [2.45, 2.75) is 44.9 Å². The first-order chi connectivity index (χ1) is 9.81. The molecule has 0 saturated carbocycles. The van der Waals surface area contributed by atoms with E-state index in [1.54, 1.807) is 0 Å². The Morgan fingerprint density at radius 1 is 0.900 bits per heavy atom. The molecule has 0 saturated heterocycles. The van der Waals surface area contributed by atoms with Gasteiger partial charge in [-0.1, -0.05) is 78.9 Å². The molecule has 0 fully saturated rings. The highest BCUT2D eigenvalue weighted by Gasteiger charge is 2.27. The topological polar surface area (TPSA) is 0 Å². The monoisotopic (exact) mass is 328 g/mol. The Balaban J connectivity index is 1.91. The van der Waals surface area contributed by atoms with Crippen LogP contribution in [0.1, 0.15) is 56.1 Å². The average Bonchev–Trinajstić information content (AvgIpc) is 2.77. The van der Waals surface area contributed by atoms with Gasteiger partial charge >= 0.3 is 0 Å². The van der Waals surface area contributed by atoms with E-state index in [-0.39, 0.29) is 0 Å². The Morgan fingerprint density at radius 2 is 1.70 bits per heavy atom. The Morgan fingerprint density at radius 3 is 2.55 bits per heavy atom. The van der Waals surface area contributed by atoms with Gasteiger partial charge in [0.15, 0.2) is 0 Å². The number of benzene rings is 2. The van der Waals surface area contributed by atoms with Crippen molar-refractivity contribution in [1.29, 1.82) is 0 Å². The van der Waals surface area contributed by atoms with E-state index in [0.717, 1.165) is 0 Å². The van der Waals surface area contributed by atoms with Gasteiger partial charge in [-0.2, -0.15) is 0 Å². The first kappa shape index (κ1) is 13.9. The molecule has 0 amide bonds. The molecule has 3 rings (SSSR count). The van der Waals surface area contributed by atoms with Crippen LogP contribution < -0.4 is 0 Å². The lowest BCUT2D eigenvalue weighted by atomic mass is 9.91. The Bertz CT molecular complexity index is 600. The van der Waals surface area contributed by atoms with Gasteiger partial charge in [0.1, 0.15) is 0 Å². The molecule has 0 nitrogen and oxygen atoms in total. The lowest BCUT2D eigenvalue weighted by molar-refractivity contribution is 0.601. The Hall–Kier alpha value is -1.08. The van der Waals surface area contributed by atoms with Gasteiger partial charge in [-0.25, -0.2) is 0 Å². The molecule has 0 bridgehead atoms. The largest absolute Gasteiger partial charge is 0.0654 e. The number of hydrogen-bond acceptors (Lipinski definition) is 0. The molecule has 1 aliphatic rings. The van der Waals surface area contributed by atoms with E-state index in [4.69, 9.17) is 0 Å². The molecule has 0 N–H and O–H groups in total. The second-order valence-electron chi connectivity index (χ2n) is 5.72. The van der Waals surface area contributed by atoms with E-state index in [9.17, 15) is 0 Å². The van der Waals surface area contributed by atoms with Crippen LogP contribution in [0.25, 0.3) is 11.1 Å². The summed E-state index contributed by atoms with van der Waals surface area (Å²) in [6.07, 6.45) is 6.64. The maximum atomic E-state index is 3.63. The summed E-state index contributed by atoms with van der Waals surface area (Å²) in [6, 6.07) is 15.7. The Kier molecular flexibility index (Phi) is 4.26. The van der Waals surface area contributed by atoms with Crippen molar-refractivity contribution in [1.82, 2.24) is 0 Å². The molecule has 0 radical (unpaired) electrons. The summed E-state index contributed by atoms with van der Waals surface area (Å²) in [6.45, 7) is 2.28. The molecule has 20 heavy (non-hydrogen) atoms. The molecular weight excluding hydrogens is 308 g/mol. The average molecular weight is 329 g/mol. The predicted octanol–water partition coefficient (Wildman–Crippen LogP) is 6.53. The van der Waals surface area contributed by atoms with E-state index in [1.165, 1.54) is 58.8 Å². The normalized spacial score (nSPS) is 16.0. The second kappa shape index (κ2) is 6.13. The second-order valence-corrected chi connectivity index (χ2v) is 6.64. The smallest absolute Gasteiger partial charge is 0.0178 e. The van der Waals surface area contributed by atoms with Gasteiger partial charge in [0.05, 0.1) is 0 Å². The molecule has 2 aromatic rings. The maximum absolute atomic E-state index is 3.63. The molecule has 1 unspecified atom stereocenters. The number of unbranched alkanes of at least 4 members (excludes halogenated alkanes) is 3. The van der Waals surface area contributed by atoms with Gasteiger partial charge in [-0.05, 0) is 40.8 Å². The van der Waals surface area contributed by atoms with E-state index in [2.05, 4.69) is 65.3 Å². The highest BCUT2D eigenvalue weighted by atomic mass is 79.9. The predicted molar refractivity (Wildman–Crippen MR) is 90.2 cm³/mol. The van der Waals surface area contributed by atoms with E-state index in [0.29, 0.717) is 5.92 Å². The van der Waals surface area contributed by atoms with Crippen molar-refractivity contribution < 1.29 is 0 Å². The summed E-state index contributed by atoms with van der Waals surface area (Å²) in [7, 11) is 0. The lowest BCUT2D eigenvalue weighted by Crippen LogP contribution is -1.96. The summed E-state index contributed by atoms with van der Waals surface area (Å²) in [5, 5.41) is 0. The fraction of sp³-hybridized carbons (Fsp3) is 0.368. The lowest BCUT2D eigenvalue weighted by Gasteiger charge is -2.13. The fourth-order valence-electron chi connectivity index (χ4n) is 3.37. The quantitative estimate of drug-likeness (QED) is 0.547. The Labute approximate surface area is 130 Å². The van der Waals surface area contributed by atoms with Gasteiger partial charge in [-0.3, -0.25) is 0 Å². The van der Waals surface area contributed by atoms with Gasteiger partial charge in [0.25, 0.3) is 0 Å². The standard InChI is InChI=1S/C19H21Br/c1-2-3-4-5-8-17-15-9-6-7-10-16(15)18-12-11-14(20)13-19(17)18/h6-7,9-13,17H,2-5,8H2,1H3. The van der Waals surface area contributed by atoms with Crippen LogP contribution in [0.4, 0.5) is 0 Å². The van der Waals surface area contributed by atoms with Gasteiger partial charge < -0.3 is 0 Å². The SMILES string of the molecule is CCCCCCC1c2ccccc2-c2ccc(Br)cc21. The van der Waals surface area contributed by atoms with Crippen molar-refractivity contribution >= 4 is 15.9 Å². The number of rotatable bonds is 5. The molecule has 2 aromatic carbocycles. The molecule has 1 aliphatic carbocycles. The number of fused-ring (bicyclic) bond motifs is 3. The van der Waals surface area contributed by atoms with Crippen LogP contribution in [0, 0.1) is 0 Å². The van der Waals surface area contributed by atoms with E-state index >= 15 is 0 Å². The molecular formula is C19H21Br. The summed E-state index contributed by atoms with van der Waals surface area (Å²) in [4.78, 5) is 0. The molecule has 0 heterocycles. The summed E-state index contributed by atoms with van der Waals surface area (Å²) >= 11 is 3.63. The van der Waals surface area contributed by atoms with Crippen molar-refractivity contribution in [3.8, 4) is 11.1 Å². The van der Waals surface area contributed by atoms with Crippen LogP contribution in [0.5, 0.6) is 0 Å². The summed E-state index contributed by atoms with van der Waals surface area (Å²) in [5.74, 6) is 0.593. The zero-order chi connectivity index (χ0) is 13.9. The van der Waals surface area contributed by atoms with Crippen molar-refractivity contribution in [2.75, 3.05) is 0 Å². The van der Waals surface area contributed by atoms with Crippen LogP contribution in [0.2, 0.25) is 0 Å². The van der Waals surface area contributed by atoms with Crippen LogP contribution in [-0.2, 0) is 0 Å². The van der Waals surface area contributed by atoms with E-state index in [1.807, 2.05) is 0 Å². The summed E-state index contributed by atoms with van der Waals surface area (Å²) in [5.41, 5.74) is 5.91. The summed E-state index contributed by atoms with van der Waals surface area (Å²) < 4.78 is 1.20. The van der Waals surface area contributed by atoms with Crippen LogP contribution in [0.15, 0.2) is 46.9 Å². The minimum Gasteiger partial charge on any atom is -0.0654 e. The molecule has 104 valence electrons. The first-order valence-electron chi connectivity index (χ1n) is 7.70. The third kappa shape index (κ3) is 2.56. The van der Waals surface area contributed by atoms with Gasteiger partial charge in [0, 0.05) is 10.4 Å².